The van der Waals surface area contributed by atoms with Gasteiger partial charge in [-0.25, -0.2) is 31.9 Å². The Balaban J connectivity index is 1.87. The van der Waals surface area contributed by atoms with Crippen LogP contribution in [0.4, 0.5) is 29.1 Å². The number of benzene rings is 1. The molecule has 5 rings (SSSR count). The maximum atomic E-state index is 16.0. The second-order valence-electron chi connectivity index (χ2n) is 11.4. The molecule has 0 bridgehead atoms. The van der Waals surface area contributed by atoms with Crippen molar-refractivity contribution in [3.63, 3.8) is 0 Å². The predicted molar refractivity (Wildman–Crippen MR) is 165 cm³/mol. The number of nitrogens with two attached hydrogens (primary N) is 1. The van der Waals surface area contributed by atoms with Crippen molar-refractivity contribution >= 4 is 40.0 Å². The number of carbonyl (C=O) groups excluding carboxylic acids is 1. The van der Waals surface area contributed by atoms with Gasteiger partial charge in [0.15, 0.2) is 28.9 Å². The van der Waals surface area contributed by atoms with Gasteiger partial charge in [-0.15, -0.1) is 0 Å². The Labute approximate surface area is 261 Å². The number of hydrogen-bond acceptors (Lipinski definition) is 7. The number of fused-ring (bicyclic) bond motifs is 1. The highest BCUT2D eigenvalue weighted by Crippen LogP contribution is 2.40. The monoisotopic (exact) mass is 643 g/mol. The van der Waals surface area contributed by atoms with Gasteiger partial charge in [0, 0.05) is 31.4 Å². The highest BCUT2D eigenvalue weighted by Gasteiger charge is 2.35. The van der Waals surface area contributed by atoms with E-state index in [-0.39, 0.29) is 53.8 Å². The lowest BCUT2D eigenvalue weighted by molar-refractivity contribution is -0.130. The van der Waals surface area contributed by atoms with Crippen LogP contribution in [0, 0.1) is 30.2 Å². The van der Waals surface area contributed by atoms with Crippen molar-refractivity contribution in [3.8, 4) is 16.9 Å². The maximum absolute atomic E-state index is 16.0. The third kappa shape index (κ3) is 5.18. The molecule has 0 spiro atoms. The summed E-state index contributed by atoms with van der Waals surface area (Å²) in [7, 11) is 0. The Morgan fingerprint density at radius 2 is 1.76 bits per heavy atom. The second-order valence-corrected chi connectivity index (χ2v) is 11.7. The van der Waals surface area contributed by atoms with Crippen molar-refractivity contribution in [2.75, 3.05) is 23.7 Å². The van der Waals surface area contributed by atoms with E-state index in [1.165, 1.54) is 6.08 Å². The molecule has 0 unspecified atom stereocenters. The Bertz CT molecular complexity index is 1910. The van der Waals surface area contributed by atoms with Crippen LogP contribution in [0.25, 0.3) is 28.0 Å². The van der Waals surface area contributed by atoms with Crippen molar-refractivity contribution < 1.29 is 22.4 Å². The van der Waals surface area contributed by atoms with Gasteiger partial charge in [-0.2, -0.15) is 4.98 Å². The summed E-state index contributed by atoms with van der Waals surface area (Å²) < 4.78 is 61.0. The molecule has 2 N–H and O–H groups in total. The van der Waals surface area contributed by atoms with Crippen LogP contribution in [0.1, 0.15) is 44.9 Å². The molecular formula is C31H30ClF4N7O2. The summed E-state index contributed by atoms with van der Waals surface area (Å²) in [5.41, 5.74) is 3.87. The van der Waals surface area contributed by atoms with Gasteiger partial charge in [0.2, 0.25) is 5.91 Å². The highest BCUT2D eigenvalue weighted by molar-refractivity contribution is 6.34. The molecule has 4 aromatic rings. The quantitative estimate of drug-likeness (QED) is 0.0980. The molecule has 14 heteroatoms. The molecule has 3 aromatic heterocycles. The fourth-order valence-electron chi connectivity index (χ4n) is 5.92. The van der Waals surface area contributed by atoms with Crippen molar-refractivity contribution in [1.29, 1.82) is 0 Å². The number of anilines is 2. The summed E-state index contributed by atoms with van der Waals surface area (Å²) in [5, 5.41) is -0.887. The largest absolute Gasteiger partial charge is 0.397 e. The first-order valence-corrected chi connectivity index (χ1v) is 14.5. The number of carbonyl (C=O) groups is 1. The third-order valence-electron chi connectivity index (χ3n) is 7.91. The number of amides is 1. The second kappa shape index (κ2) is 11.8. The van der Waals surface area contributed by atoms with Crippen LogP contribution in [0.15, 0.2) is 35.8 Å². The lowest BCUT2D eigenvalue weighted by atomic mass is 10.0. The minimum absolute atomic E-state index is 0.0596. The number of nitrogens with zero attached hydrogens (tertiary/aromatic N) is 6. The zero-order valence-corrected chi connectivity index (χ0v) is 25.9. The maximum Gasteiger partial charge on any atom is 0.355 e. The standard InChI is InChI=1S/C31H30ClF4N7O2/c1-7-19(44)42-15(5)11-41(12-16(42)6)29-17-10-18(33)27(20-22(34)24(36)23(35)21(32)25(20)37)39-30(17)43(31(45)40-29)28-14(4)8-9-38-26(28)13(2)3/h7-10,13,15-16H,1,11-12,37H2,2-6H3/t15-,16+. The molecule has 1 aromatic carbocycles. The fourth-order valence-corrected chi connectivity index (χ4v) is 6.10. The molecule has 45 heavy (non-hydrogen) atoms. The molecule has 236 valence electrons. The number of halogens is 5. The molecule has 1 fully saturated rings. The van der Waals surface area contributed by atoms with E-state index < -0.39 is 50.9 Å². The summed E-state index contributed by atoms with van der Waals surface area (Å²) >= 11 is 5.84. The summed E-state index contributed by atoms with van der Waals surface area (Å²) in [6, 6.07) is 1.97. The van der Waals surface area contributed by atoms with Crippen molar-refractivity contribution in [2.45, 2.75) is 52.6 Å². The topological polar surface area (TPSA) is 110 Å². The zero-order chi connectivity index (χ0) is 33.1. The normalized spacial score (nSPS) is 17.0. The van der Waals surface area contributed by atoms with Crippen LogP contribution in [0.5, 0.6) is 0 Å². The Morgan fingerprint density at radius 1 is 1.11 bits per heavy atom. The molecule has 4 heterocycles. The molecular weight excluding hydrogens is 614 g/mol. The number of nitrogen functional groups attached to an aromatic ring is 1. The smallest absolute Gasteiger partial charge is 0.355 e. The van der Waals surface area contributed by atoms with Crippen LogP contribution in [-0.2, 0) is 4.79 Å². The average molecular weight is 644 g/mol. The molecule has 1 saturated heterocycles. The van der Waals surface area contributed by atoms with Gasteiger partial charge in [0.25, 0.3) is 0 Å². The summed E-state index contributed by atoms with van der Waals surface area (Å²) in [5.74, 6) is -7.03. The van der Waals surface area contributed by atoms with E-state index in [9.17, 15) is 18.4 Å². The van der Waals surface area contributed by atoms with E-state index in [1.54, 1.807) is 29.0 Å². The average Bonchev–Trinajstić information content (AvgIpc) is 2.99. The van der Waals surface area contributed by atoms with Gasteiger partial charge < -0.3 is 15.5 Å². The minimum Gasteiger partial charge on any atom is -0.397 e. The van der Waals surface area contributed by atoms with E-state index in [1.807, 2.05) is 27.7 Å². The van der Waals surface area contributed by atoms with Gasteiger partial charge in [-0.3, -0.25) is 9.78 Å². The van der Waals surface area contributed by atoms with E-state index in [0.29, 0.717) is 16.9 Å². The van der Waals surface area contributed by atoms with Crippen molar-refractivity contribution in [1.82, 2.24) is 24.4 Å². The van der Waals surface area contributed by atoms with Gasteiger partial charge in [-0.1, -0.05) is 32.0 Å². The van der Waals surface area contributed by atoms with Gasteiger partial charge >= 0.3 is 5.69 Å². The Morgan fingerprint density at radius 3 is 2.36 bits per heavy atom. The summed E-state index contributed by atoms with van der Waals surface area (Å²) in [4.78, 5) is 43.1. The minimum atomic E-state index is -1.96. The van der Waals surface area contributed by atoms with E-state index in [2.05, 4.69) is 21.5 Å². The SMILES string of the molecule is C=CC(=O)N1[C@H](C)CN(c2nc(=O)n(-c3c(C)ccnc3C(C)C)c3nc(-c4c(N)c(Cl)c(F)c(F)c4F)c(F)cc23)C[C@@H]1C. The van der Waals surface area contributed by atoms with Crippen LogP contribution >= 0.6 is 11.6 Å². The first-order chi connectivity index (χ1) is 21.2. The zero-order valence-electron chi connectivity index (χ0n) is 25.1. The Hall–Kier alpha value is -4.52. The Kier molecular flexibility index (Phi) is 8.34. The fraction of sp³-hybridized carbons (Fsp3) is 0.323. The molecule has 0 saturated carbocycles. The molecule has 1 aliphatic heterocycles. The highest BCUT2D eigenvalue weighted by atomic mass is 35.5. The predicted octanol–water partition coefficient (Wildman–Crippen LogP) is 5.68. The third-order valence-corrected chi connectivity index (χ3v) is 8.28. The number of pyridine rings is 2. The molecule has 1 amide bonds. The first kappa shape index (κ1) is 31.9. The lowest BCUT2D eigenvalue weighted by Crippen LogP contribution is -2.58. The summed E-state index contributed by atoms with van der Waals surface area (Å²) in [6.45, 7) is 13.1. The molecule has 0 aliphatic carbocycles. The van der Waals surface area contributed by atoms with Crippen LogP contribution in [0.3, 0.4) is 0 Å². The molecule has 0 radical (unpaired) electrons. The van der Waals surface area contributed by atoms with Crippen LogP contribution in [0.2, 0.25) is 5.02 Å². The number of aromatic nitrogens is 4. The lowest BCUT2D eigenvalue weighted by Gasteiger charge is -2.44. The van der Waals surface area contributed by atoms with E-state index >= 15 is 8.78 Å². The number of piperazine rings is 1. The van der Waals surface area contributed by atoms with Gasteiger partial charge in [-0.05, 0) is 50.5 Å². The molecule has 1 aliphatic rings. The van der Waals surface area contributed by atoms with Gasteiger partial charge in [0.05, 0.1) is 28.0 Å². The van der Waals surface area contributed by atoms with Crippen molar-refractivity contribution in [2.24, 2.45) is 0 Å². The first-order valence-electron chi connectivity index (χ1n) is 14.1. The van der Waals surface area contributed by atoms with E-state index in [4.69, 9.17) is 17.3 Å². The number of aryl methyl sites for hydroxylation is 1. The molecule has 9 nitrogen and oxygen atoms in total. The summed E-state index contributed by atoms with van der Waals surface area (Å²) in [6.07, 6.45) is 2.80. The molecule has 2 atom stereocenters. The number of hydrogen-bond donors (Lipinski definition) is 1. The van der Waals surface area contributed by atoms with Crippen molar-refractivity contribution in [3.05, 3.63) is 81.0 Å². The van der Waals surface area contributed by atoms with Crippen LogP contribution in [-0.4, -0.2) is 55.5 Å². The number of rotatable bonds is 5. The van der Waals surface area contributed by atoms with Crippen LogP contribution < -0.4 is 16.3 Å². The van der Waals surface area contributed by atoms with E-state index in [0.717, 1.165) is 10.6 Å². The van der Waals surface area contributed by atoms with Gasteiger partial charge in [0.1, 0.15) is 16.5 Å².